The maximum atomic E-state index is 13.7. The molecule has 0 aromatic heterocycles. The van der Waals surface area contributed by atoms with Crippen molar-refractivity contribution in [3.8, 4) is 11.5 Å². The van der Waals surface area contributed by atoms with Crippen molar-refractivity contribution in [1.29, 1.82) is 0 Å². The lowest BCUT2D eigenvalue weighted by atomic mass is 10.2. The molecule has 2 rings (SSSR count). The van der Waals surface area contributed by atoms with Gasteiger partial charge in [0.1, 0.15) is 16.6 Å². The molecule has 0 unspecified atom stereocenters. The highest BCUT2D eigenvalue weighted by Crippen LogP contribution is 2.28. The lowest BCUT2D eigenvalue weighted by Crippen LogP contribution is -2.09. The van der Waals surface area contributed by atoms with Crippen molar-refractivity contribution in [2.24, 2.45) is 5.73 Å². The number of nitrogens with two attached hydrogens (primary N) is 1. The van der Waals surface area contributed by atoms with Gasteiger partial charge in [0.2, 0.25) is 0 Å². The van der Waals surface area contributed by atoms with Crippen LogP contribution in [0.2, 0.25) is 0 Å². The summed E-state index contributed by atoms with van der Waals surface area (Å²) >= 11 is 7.77. The molecule has 6 heteroatoms. The molecule has 2 nitrogen and oxygen atoms in total. The predicted octanol–water partition coefficient (Wildman–Crippen LogP) is 4.15. The van der Waals surface area contributed by atoms with E-state index in [0.29, 0.717) is 11.3 Å². The molecule has 0 heterocycles. The van der Waals surface area contributed by atoms with Crippen LogP contribution in [0.1, 0.15) is 5.56 Å². The van der Waals surface area contributed by atoms with E-state index in [4.69, 9.17) is 22.7 Å². The van der Waals surface area contributed by atoms with Crippen molar-refractivity contribution in [3.05, 3.63) is 58.1 Å². The summed E-state index contributed by atoms with van der Waals surface area (Å²) in [6.07, 6.45) is 0. The van der Waals surface area contributed by atoms with Gasteiger partial charge in [0.05, 0.1) is 4.47 Å². The molecule has 98 valence electrons. The molecule has 0 spiro atoms. The van der Waals surface area contributed by atoms with E-state index in [9.17, 15) is 8.78 Å². The maximum Gasteiger partial charge on any atom is 0.166 e. The van der Waals surface area contributed by atoms with Crippen LogP contribution in [0.4, 0.5) is 8.78 Å². The molecule has 0 saturated heterocycles. The minimum atomic E-state index is -0.592. The summed E-state index contributed by atoms with van der Waals surface area (Å²) in [5, 5.41) is 0. The van der Waals surface area contributed by atoms with Gasteiger partial charge in [-0.3, -0.25) is 0 Å². The van der Waals surface area contributed by atoms with Crippen LogP contribution in [0.25, 0.3) is 0 Å². The Morgan fingerprint density at radius 1 is 1.11 bits per heavy atom. The normalized spacial score (nSPS) is 10.3. The van der Waals surface area contributed by atoms with Crippen LogP contribution in [0.5, 0.6) is 11.5 Å². The Bertz CT molecular complexity index is 649. The molecule has 0 bridgehead atoms. The van der Waals surface area contributed by atoms with E-state index in [1.165, 1.54) is 30.3 Å². The lowest BCUT2D eigenvalue weighted by Gasteiger charge is -2.08. The Morgan fingerprint density at radius 2 is 1.84 bits per heavy atom. The minimum absolute atomic E-state index is 0.0125. The Kier molecular flexibility index (Phi) is 4.11. The molecule has 2 N–H and O–H groups in total. The maximum absolute atomic E-state index is 13.7. The fourth-order valence-electron chi connectivity index (χ4n) is 1.40. The van der Waals surface area contributed by atoms with Crippen LogP contribution in [0, 0.1) is 11.6 Å². The van der Waals surface area contributed by atoms with Gasteiger partial charge in [0, 0.05) is 5.56 Å². The van der Waals surface area contributed by atoms with E-state index in [0.717, 1.165) is 0 Å². The van der Waals surface area contributed by atoms with Crippen molar-refractivity contribution in [1.82, 2.24) is 0 Å². The van der Waals surface area contributed by atoms with E-state index >= 15 is 0 Å². The number of benzene rings is 2. The second-order valence-corrected chi connectivity index (χ2v) is 4.98. The Balaban J connectivity index is 2.28. The van der Waals surface area contributed by atoms with E-state index in [2.05, 4.69) is 15.9 Å². The third-order valence-electron chi connectivity index (χ3n) is 2.34. The second kappa shape index (κ2) is 5.63. The van der Waals surface area contributed by atoms with Crippen molar-refractivity contribution < 1.29 is 13.5 Å². The number of rotatable bonds is 3. The van der Waals surface area contributed by atoms with Gasteiger partial charge in [-0.2, -0.15) is 0 Å². The largest absolute Gasteiger partial charge is 0.454 e. The highest BCUT2D eigenvalue weighted by molar-refractivity contribution is 9.10. The van der Waals surface area contributed by atoms with Crippen LogP contribution in [-0.4, -0.2) is 4.99 Å². The average Bonchev–Trinajstić information content (AvgIpc) is 2.36. The molecule has 0 aliphatic rings. The molecule has 0 amide bonds. The third-order valence-corrected chi connectivity index (χ3v) is 3.18. The predicted molar refractivity (Wildman–Crippen MR) is 76.5 cm³/mol. The van der Waals surface area contributed by atoms with Crippen molar-refractivity contribution in [3.63, 3.8) is 0 Å². The Labute approximate surface area is 122 Å². The zero-order chi connectivity index (χ0) is 14.0. The molecular weight excluding hydrogens is 336 g/mol. The van der Waals surface area contributed by atoms with Crippen molar-refractivity contribution in [2.75, 3.05) is 0 Å². The zero-order valence-electron chi connectivity index (χ0n) is 9.49. The van der Waals surface area contributed by atoms with Crippen LogP contribution < -0.4 is 10.5 Å². The SMILES string of the molecule is NC(=S)c1ccc(Oc2ccc(F)c(Br)c2)c(F)c1. The molecule has 0 aliphatic carbocycles. The number of ether oxygens (including phenoxy) is 1. The number of hydrogen-bond donors (Lipinski definition) is 1. The molecule has 2 aromatic rings. The van der Waals surface area contributed by atoms with Gasteiger partial charge in [0.15, 0.2) is 11.6 Å². The monoisotopic (exact) mass is 343 g/mol. The number of hydrogen-bond acceptors (Lipinski definition) is 2. The average molecular weight is 344 g/mol. The lowest BCUT2D eigenvalue weighted by molar-refractivity contribution is 0.440. The van der Waals surface area contributed by atoms with E-state index in [-0.39, 0.29) is 15.2 Å². The van der Waals surface area contributed by atoms with Crippen LogP contribution in [0.3, 0.4) is 0 Å². The topological polar surface area (TPSA) is 35.2 Å². The van der Waals surface area contributed by atoms with E-state index in [1.54, 1.807) is 6.07 Å². The summed E-state index contributed by atoms with van der Waals surface area (Å²) in [5.41, 5.74) is 5.81. The Morgan fingerprint density at radius 3 is 2.42 bits per heavy atom. The highest BCUT2D eigenvalue weighted by atomic mass is 79.9. The molecular formula is C13H8BrF2NOS. The summed E-state index contributed by atoms with van der Waals surface area (Å²) in [6.45, 7) is 0. The van der Waals surface area contributed by atoms with Gasteiger partial charge in [-0.1, -0.05) is 12.2 Å². The summed E-state index contributed by atoms with van der Waals surface area (Å²) < 4.78 is 32.4. The van der Waals surface area contributed by atoms with Crippen molar-refractivity contribution >= 4 is 33.1 Å². The highest BCUT2D eigenvalue weighted by Gasteiger charge is 2.08. The van der Waals surface area contributed by atoms with Crippen molar-refractivity contribution in [2.45, 2.75) is 0 Å². The molecule has 0 saturated carbocycles. The molecule has 2 aromatic carbocycles. The number of thiocarbonyl (C=S) groups is 1. The summed E-state index contributed by atoms with van der Waals surface area (Å²) in [4.78, 5) is 0.106. The quantitative estimate of drug-likeness (QED) is 0.850. The summed E-state index contributed by atoms with van der Waals surface area (Å²) in [5.74, 6) is -0.684. The van der Waals surface area contributed by atoms with Gasteiger partial charge in [-0.25, -0.2) is 8.78 Å². The third kappa shape index (κ3) is 3.27. The van der Waals surface area contributed by atoms with Crippen LogP contribution in [-0.2, 0) is 0 Å². The first kappa shape index (κ1) is 13.9. The minimum Gasteiger partial charge on any atom is -0.454 e. The van der Waals surface area contributed by atoms with Gasteiger partial charge in [-0.05, 0) is 52.3 Å². The fraction of sp³-hybridized carbons (Fsp3) is 0. The summed E-state index contributed by atoms with van der Waals surface area (Å²) in [7, 11) is 0. The standard InChI is InChI=1S/C13H8BrF2NOS/c14-9-6-8(2-3-10(9)15)18-12-4-1-7(13(17)19)5-11(12)16/h1-6H,(H2,17,19). The fourth-order valence-corrected chi connectivity index (χ4v) is 1.89. The first-order chi connectivity index (χ1) is 8.97. The van der Waals surface area contributed by atoms with Gasteiger partial charge in [0.25, 0.3) is 0 Å². The smallest absolute Gasteiger partial charge is 0.166 e. The molecule has 0 aliphatic heterocycles. The zero-order valence-corrected chi connectivity index (χ0v) is 11.9. The molecule has 0 atom stereocenters. The van der Waals surface area contributed by atoms with E-state index < -0.39 is 11.6 Å². The first-order valence-corrected chi connectivity index (χ1v) is 6.40. The van der Waals surface area contributed by atoms with Crippen LogP contribution in [0.15, 0.2) is 40.9 Å². The summed E-state index contributed by atoms with van der Waals surface area (Å²) in [6, 6.07) is 8.20. The van der Waals surface area contributed by atoms with Gasteiger partial charge >= 0.3 is 0 Å². The van der Waals surface area contributed by atoms with E-state index in [1.807, 2.05) is 0 Å². The van der Waals surface area contributed by atoms with Crippen LogP contribution >= 0.6 is 28.1 Å². The second-order valence-electron chi connectivity index (χ2n) is 3.69. The van der Waals surface area contributed by atoms with Gasteiger partial charge < -0.3 is 10.5 Å². The van der Waals surface area contributed by atoms with Gasteiger partial charge in [-0.15, -0.1) is 0 Å². The molecule has 0 radical (unpaired) electrons. The first-order valence-electron chi connectivity index (χ1n) is 5.19. The molecule has 19 heavy (non-hydrogen) atoms. The number of halogens is 3. The Hall–Kier alpha value is -1.53. The molecule has 0 fully saturated rings.